The normalized spacial score (nSPS) is 15.8. The molecule has 1 aliphatic heterocycles. The molecule has 1 amide bonds. The third-order valence-electron chi connectivity index (χ3n) is 4.01. The zero-order chi connectivity index (χ0) is 18.5. The SMILES string of the molecule is CN(CCC(=O)Nc1ccc(F)c(F)c1)CC1COc2ccccc2O1. The molecule has 5 nitrogen and oxygen atoms in total. The number of nitrogens with one attached hydrogen (secondary N) is 1. The maximum Gasteiger partial charge on any atom is 0.225 e. The molecule has 1 atom stereocenters. The fourth-order valence-corrected chi connectivity index (χ4v) is 2.68. The highest BCUT2D eigenvalue weighted by Gasteiger charge is 2.22. The fourth-order valence-electron chi connectivity index (χ4n) is 2.68. The largest absolute Gasteiger partial charge is 0.486 e. The number of carbonyl (C=O) groups is 1. The van der Waals surface area contributed by atoms with E-state index in [4.69, 9.17) is 9.47 Å². The van der Waals surface area contributed by atoms with E-state index in [1.165, 1.54) is 6.07 Å². The van der Waals surface area contributed by atoms with Gasteiger partial charge in [-0.05, 0) is 31.3 Å². The van der Waals surface area contributed by atoms with Crippen molar-refractivity contribution < 1.29 is 23.0 Å². The van der Waals surface area contributed by atoms with E-state index < -0.39 is 11.6 Å². The Balaban J connectivity index is 1.43. The molecule has 0 aromatic heterocycles. The second-order valence-corrected chi connectivity index (χ2v) is 6.19. The van der Waals surface area contributed by atoms with Crippen molar-refractivity contribution in [1.29, 1.82) is 0 Å². The van der Waals surface area contributed by atoms with Gasteiger partial charge in [0.15, 0.2) is 23.1 Å². The lowest BCUT2D eigenvalue weighted by Gasteiger charge is -2.29. The van der Waals surface area contributed by atoms with Crippen molar-refractivity contribution in [2.45, 2.75) is 12.5 Å². The molecule has 0 saturated carbocycles. The average molecular weight is 362 g/mol. The van der Waals surface area contributed by atoms with Gasteiger partial charge >= 0.3 is 0 Å². The summed E-state index contributed by atoms with van der Waals surface area (Å²) in [6.07, 6.45) is 0.101. The molecule has 2 aromatic rings. The maximum absolute atomic E-state index is 13.1. The standard InChI is InChI=1S/C19H20F2N2O3/c1-23(11-14-12-25-17-4-2-3-5-18(17)26-14)9-8-19(24)22-13-6-7-15(20)16(21)10-13/h2-7,10,14H,8-9,11-12H2,1H3,(H,22,24). The van der Waals surface area contributed by atoms with Gasteiger partial charge in [0, 0.05) is 31.3 Å². The summed E-state index contributed by atoms with van der Waals surface area (Å²) in [5.41, 5.74) is 0.233. The van der Waals surface area contributed by atoms with Gasteiger partial charge in [-0.15, -0.1) is 0 Å². The first-order valence-electron chi connectivity index (χ1n) is 8.33. The molecule has 7 heteroatoms. The molecule has 1 aliphatic rings. The monoisotopic (exact) mass is 362 g/mol. The Kier molecular flexibility index (Phi) is 5.68. The molecule has 3 rings (SSSR count). The predicted octanol–water partition coefficient (Wildman–Crippen LogP) is 3.07. The van der Waals surface area contributed by atoms with Crippen molar-refractivity contribution in [2.24, 2.45) is 0 Å². The first-order chi connectivity index (χ1) is 12.5. The fraction of sp³-hybridized carbons (Fsp3) is 0.316. The number of amides is 1. The molecule has 26 heavy (non-hydrogen) atoms. The van der Waals surface area contributed by atoms with Crippen LogP contribution in [0, 0.1) is 11.6 Å². The second-order valence-electron chi connectivity index (χ2n) is 6.19. The highest BCUT2D eigenvalue weighted by molar-refractivity contribution is 5.90. The third kappa shape index (κ3) is 4.70. The van der Waals surface area contributed by atoms with Gasteiger partial charge in [0.05, 0.1) is 0 Å². The van der Waals surface area contributed by atoms with Crippen LogP contribution in [0.5, 0.6) is 11.5 Å². The number of para-hydroxylation sites is 2. The molecule has 0 saturated heterocycles. The molecule has 2 aromatic carbocycles. The molecular weight excluding hydrogens is 342 g/mol. The van der Waals surface area contributed by atoms with Gasteiger partial charge < -0.3 is 19.7 Å². The van der Waals surface area contributed by atoms with E-state index in [2.05, 4.69) is 5.32 Å². The van der Waals surface area contributed by atoms with Gasteiger partial charge in [0.1, 0.15) is 12.7 Å². The molecule has 0 radical (unpaired) electrons. The number of halogens is 2. The van der Waals surface area contributed by atoms with E-state index in [-0.39, 0.29) is 24.1 Å². The second kappa shape index (κ2) is 8.14. The van der Waals surface area contributed by atoms with Gasteiger partial charge in [-0.25, -0.2) is 8.78 Å². The van der Waals surface area contributed by atoms with Crippen molar-refractivity contribution in [3.63, 3.8) is 0 Å². The quantitative estimate of drug-likeness (QED) is 0.858. The summed E-state index contributed by atoms with van der Waals surface area (Å²) in [6.45, 7) is 1.55. The Morgan fingerprint density at radius 1 is 1.19 bits per heavy atom. The minimum atomic E-state index is -0.991. The zero-order valence-electron chi connectivity index (χ0n) is 14.4. The average Bonchev–Trinajstić information content (AvgIpc) is 2.63. The van der Waals surface area contributed by atoms with Crippen molar-refractivity contribution >= 4 is 11.6 Å². The van der Waals surface area contributed by atoms with Crippen LogP contribution in [0.4, 0.5) is 14.5 Å². The van der Waals surface area contributed by atoms with Crippen LogP contribution >= 0.6 is 0 Å². The number of rotatable bonds is 6. The Labute approximate surface area is 150 Å². The van der Waals surface area contributed by atoms with Crippen LogP contribution in [0.3, 0.4) is 0 Å². The highest BCUT2D eigenvalue weighted by Crippen LogP contribution is 2.30. The van der Waals surface area contributed by atoms with E-state index in [9.17, 15) is 13.6 Å². The first-order valence-corrected chi connectivity index (χ1v) is 8.33. The minimum absolute atomic E-state index is 0.121. The number of anilines is 1. The summed E-state index contributed by atoms with van der Waals surface area (Å²) < 4.78 is 37.6. The molecule has 0 fully saturated rings. The van der Waals surface area contributed by atoms with E-state index in [1.54, 1.807) is 0 Å². The Hall–Kier alpha value is -2.67. The number of hydrogen-bond donors (Lipinski definition) is 1. The molecule has 0 aliphatic carbocycles. The first kappa shape index (κ1) is 18.1. The summed E-state index contributed by atoms with van der Waals surface area (Å²) in [4.78, 5) is 13.9. The smallest absolute Gasteiger partial charge is 0.225 e. The van der Waals surface area contributed by atoms with Crippen LogP contribution < -0.4 is 14.8 Å². The summed E-state index contributed by atoms with van der Waals surface area (Å²) in [6, 6.07) is 10.8. The number of hydrogen-bond acceptors (Lipinski definition) is 4. The van der Waals surface area contributed by atoms with Crippen LogP contribution in [-0.2, 0) is 4.79 Å². The summed E-state index contributed by atoms with van der Waals surface area (Å²) in [5.74, 6) is -0.756. The number of ether oxygens (including phenoxy) is 2. The van der Waals surface area contributed by atoms with Crippen LogP contribution in [-0.4, -0.2) is 43.7 Å². The third-order valence-corrected chi connectivity index (χ3v) is 4.01. The van der Waals surface area contributed by atoms with Crippen LogP contribution in [0.2, 0.25) is 0 Å². The van der Waals surface area contributed by atoms with E-state index in [0.717, 1.165) is 17.9 Å². The molecule has 0 spiro atoms. The predicted molar refractivity (Wildman–Crippen MR) is 93.5 cm³/mol. The lowest BCUT2D eigenvalue weighted by molar-refractivity contribution is -0.116. The molecular formula is C19H20F2N2O3. The van der Waals surface area contributed by atoms with Crippen LogP contribution in [0.25, 0.3) is 0 Å². The lowest BCUT2D eigenvalue weighted by Crippen LogP contribution is -2.40. The van der Waals surface area contributed by atoms with E-state index in [1.807, 2.05) is 36.2 Å². The van der Waals surface area contributed by atoms with Crippen molar-refractivity contribution in [3.05, 3.63) is 54.1 Å². The maximum atomic E-state index is 13.1. The van der Waals surface area contributed by atoms with Crippen LogP contribution in [0.15, 0.2) is 42.5 Å². The van der Waals surface area contributed by atoms with E-state index >= 15 is 0 Å². The summed E-state index contributed by atoms with van der Waals surface area (Å²) in [5, 5.41) is 2.55. The van der Waals surface area contributed by atoms with Crippen molar-refractivity contribution in [3.8, 4) is 11.5 Å². The number of fused-ring (bicyclic) bond motifs is 1. The number of nitrogens with zero attached hydrogens (tertiary/aromatic N) is 1. The number of carbonyl (C=O) groups excluding carboxylic acids is 1. The van der Waals surface area contributed by atoms with Gasteiger partial charge in [0.25, 0.3) is 0 Å². The molecule has 1 heterocycles. The number of benzene rings is 2. The summed E-state index contributed by atoms with van der Waals surface area (Å²) >= 11 is 0. The lowest BCUT2D eigenvalue weighted by atomic mass is 10.2. The van der Waals surface area contributed by atoms with Crippen molar-refractivity contribution in [2.75, 3.05) is 32.1 Å². The topological polar surface area (TPSA) is 50.8 Å². The highest BCUT2D eigenvalue weighted by atomic mass is 19.2. The Bertz CT molecular complexity index is 785. The summed E-state index contributed by atoms with van der Waals surface area (Å²) in [7, 11) is 1.88. The number of likely N-dealkylation sites (N-methyl/N-ethyl adjacent to an activating group) is 1. The van der Waals surface area contributed by atoms with E-state index in [0.29, 0.717) is 25.4 Å². The van der Waals surface area contributed by atoms with Crippen LogP contribution in [0.1, 0.15) is 6.42 Å². The molecule has 1 N–H and O–H groups in total. The van der Waals surface area contributed by atoms with Gasteiger partial charge in [-0.2, -0.15) is 0 Å². The van der Waals surface area contributed by atoms with Crippen molar-refractivity contribution in [1.82, 2.24) is 4.90 Å². The Morgan fingerprint density at radius 3 is 2.73 bits per heavy atom. The molecule has 1 unspecified atom stereocenters. The zero-order valence-corrected chi connectivity index (χ0v) is 14.4. The van der Waals surface area contributed by atoms with Gasteiger partial charge in [-0.1, -0.05) is 12.1 Å². The van der Waals surface area contributed by atoms with Gasteiger partial charge in [0.2, 0.25) is 5.91 Å². The Morgan fingerprint density at radius 2 is 1.96 bits per heavy atom. The molecule has 0 bridgehead atoms. The molecule has 138 valence electrons. The van der Waals surface area contributed by atoms with Gasteiger partial charge in [-0.3, -0.25) is 4.79 Å². The minimum Gasteiger partial charge on any atom is -0.486 e.